The number of hydrogen-bond acceptors (Lipinski definition) is 6. The monoisotopic (exact) mass is 415 g/mol. The molecule has 4 rings (SSSR count). The summed E-state index contributed by atoms with van der Waals surface area (Å²) in [6.07, 6.45) is 0. The smallest absolute Gasteiger partial charge is 0.267 e. The van der Waals surface area contributed by atoms with Crippen molar-refractivity contribution >= 4 is 17.7 Å². The van der Waals surface area contributed by atoms with E-state index in [0.29, 0.717) is 16.4 Å². The van der Waals surface area contributed by atoms with Gasteiger partial charge in [-0.15, -0.1) is 0 Å². The maximum Gasteiger partial charge on any atom is 0.267 e. The fourth-order valence-corrected chi connectivity index (χ4v) is 4.05. The van der Waals surface area contributed by atoms with Gasteiger partial charge in [-0.05, 0) is 32.0 Å². The van der Waals surface area contributed by atoms with Crippen LogP contribution in [-0.4, -0.2) is 19.7 Å². The molecule has 2 aromatic carbocycles. The van der Waals surface area contributed by atoms with E-state index in [1.807, 2.05) is 74.5 Å². The summed E-state index contributed by atoms with van der Waals surface area (Å²) in [6.45, 7) is 3.85. The van der Waals surface area contributed by atoms with Crippen LogP contribution in [0.2, 0.25) is 0 Å². The van der Waals surface area contributed by atoms with Gasteiger partial charge < -0.3 is 5.73 Å². The molecule has 0 aliphatic heterocycles. The topological polar surface area (TPSA) is 86.7 Å². The molecule has 0 amide bonds. The van der Waals surface area contributed by atoms with Crippen LogP contribution in [-0.2, 0) is 0 Å². The van der Waals surface area contributed by atoms with Crippen LogP contribution in [0.4, 0.5) is 5.95 Å². The van der Waals surface area contributed by atoms with E-state index in [0.717, 1.165) is 16.0 Å². The van der Waals surface area contributed by atoms with Crippen LogP contribution in [0.5, 0.6) is 0 Å². The molecule has 0 fully saturated rings. The van der Waals surface area contributed by atoms with Crippen molar-refractivity contribution in [1.29, 1.82) is 0 Å². The van der Waals surface area contributed by atoms with Gasteiger partial charge in [0.1, 0.15) is 5.03 Å². The molecule has 2 heterocycles. The summed E-state index contributed by atoms with van der Waals surface area (Å²) in [4.78, 5) is 22.4. The highest BCUT2D eigenvalue weighted by molar-refractivity contribution is 7.99. The number of benzene rings is 2. The molecule has 7 heteroatoms. The highest BCUT2D eigenvalue weighted by Crippen LogP contribution is 2.39. The first-order valence-corrected chi connectivity index (χ1v) is 10.4. The van der Waals surface area contributed by atoms with Crippen LogP contribution in [0.25, 0.3) is 22.5 Å². The van der Waals surface area contributed by atoms with E-state index in [4.69, 9.17) is 5.73 Å². The summed E-state index contributed by atoms with van der Waals surface area (Å²) in [5.41, 5.74) is 8.90. The number of nitrogens with two attached hydrogens (primary N) is 1. The van der Waals surface area contributed by atoms with Gasteiger partial charge in [-0.1, -0.05) is 60.3 Å². The number of nitrogens with zero attached hydrogens (tertiary/aromatic N) is 4. The van der Waals surface area contributed by atoms with E-state index < -0.39 is 0 Å². The van der Waals surface area contributed by atoms with Crippen molar-refractivity contribution in [2.75, 3.05) is 5.73 Å². The second kappa shape index (κ2) is 8.51. The lowest BCUT2D eigenvalue weighted by molar-refractivity contribution is 0.504. The molecule has 30 heavy (non-hydrogen) atoms. The van der Waals surface area contributed by atoms with Gasteiger partial charge in [0.15, 0.2) is 0 Å². The van der Waals surface area contributed by atoms with Gasteiger partial charge in [0.05, 0.1) is 23.0 Å². The molecule has 0 bridgehead atoms. The average Bonchev–Trinajstić information content (AvgIpc) is 2.75. The lowest BCUT2D eigenvalue weighted by Gasteiger charge is -2.16. The molecule has 0 saturated carbocycles. The normalized spacial score (nSPS) is 11.0. The predicted octanol–water partition coefficient (Wildman–Crippen LogP) is 4.68. The first kappa shape index (κ1) is 19.8. The van der Waals surface area contributed by atoms with Gasteiger partial charge in [0.25, 0.3) is 5.56 Å². The van der Waals surface area contributed by atoms with E-state index in [1.54, 1.807) is 6.07 Å². The zero-order chi connectivity index (χ0) is 21.1. The van der Waals surface area contributed by atoms with Crippen LogP contribution in [0.15, 0.2) is 87.5 Å². The van der Waals surface area contributed by atoms with E-state index in [1.165, 1.54) is 22.5 Å². The zero-order valence-corrected chi connectivity index (χ0v) is 17.5. The van der Waals surface area contributed by atoms with Crippen molar-refractivity contribution in [1.82, 2.24) is 19.7 Å². The molecule has 0 saturated heterocycles. The quantitative estimate of drug-likeness (QED) is 0.476. The molecule has 0 spiro atoms. The second-order valence-electron chi connectivity index (χ2n) is 6.99. The van der Waals surface area contributed by atoms with E-state index in [9.17, 15) is 4.79 Å². The molecule has 0 atom stereocenters. The standard InChI is InChI=1S/C23H21N5OS/c1-15(2)28-19(29)14-13-18(27-28)20-21(16-9-5-3-6-10-16)25-23(24)26-22(20)30-17-11-7-4-8-12-17/h3-15H,1-2H3,(H2,24,25,26). The number of rotatable bonds is 5. The third-order valence-electron chi connectivity index (χ3n) is 4.47. The van der Waals surface area contributed by atoms with Crippen molar-refractivity contribution < 1.29 is 0 Å². The fourth-order valence-electron chi connectivity index (χ4n) is 3.10. The Balaban J connectivity index is 1.98. The van der Waals surface area contributed by atoms with Crippen molar-refractivity contribution in [3.63, 3.8) is 0 Å². The highest BCUT2D eigenvalue weighted by atomic mass is 32.2. The van der Waals surface area contributed by atoms with Crippen molar-refractivity contribution in [3.8, 4) is 22.5 Å². The molecule has 0 aliphatic carbocycles. The van der Waals surface area contributed by atoms with E-state index in [2.05, 4.69) is 15.1 Å². The Bertz CT molecular complexity index is 1220. The first-order valence-electron chi connectivity index (χ1n) is 9.59. The third-order valence-corrected chi connectivity index (χ3v) is 5.47. The Kier molecular flexibility index (Phi) is 5.63. The van der Waals surface area contributed by atoms with E-state index in [-0.39, 0.29) is 17.5 Å². The summed E-state index contributed by atoms with van der Waals surface area (Å²) < 4.78 is 1.47. The number of anilines is 1. The summed E-state index contributed by atoms with van der Waals surface area (Å²) >= 11 is 1.49. The number of nitrogen functional groups attached to an aromatic ring is 1. The van der Waals surface area contributed by atoms with Crippen molar-refractivity contribution in [2.24, 2.45) is 0 Å². The minimum Gasteiger partial charge on any atom is -0.368 e. The zero-order valence-electron chi connectivity index (χ0n) is 16.7. The summed E-state index contributed by atoms with van der Waals surface area (Å²) in [6, 6.07) is 22.9. The minimum atomic E-state index is -0.149. The molecule has 0 unspecified atom stereocenters. The molecular weight excluding hydrogens is 394 g/mol. The van der Waals surface area contributed by atoms with Crippen LogP contribution in [0, 0.1) is 0 Å². The molecular formula is C23H21N5OS. The van der Waals surface area contributed by atoms with Crippen LogP contribution in [0.3, 0.4) is 0 Å². The molecule has 6 nitrogen and oxygen atoms in total. The Morgan fingerprint density at radius 3 is 2.23 bits per heavy atom. The SMILES string of the molecule is CC(C)n1nc(-c2c(Sc3ccccc3)nc(N)nc2-c2ccccc2)ccc1=O. The van der Waals surface area contributed by atoms with Gasteiger partial charge in [-0.25, -0.2) is 14.6 Å². The molecule has 150 valence electrons. The third kappa shape index (κ3) is 4.11. The van der Waals surface area contributed by atoms with Gasteiger partial charge in [-0.3, -0.25) is 4.79 Å². The number of hydrogen-bond donors (Lipinski definition) is 1. The van der Waals surface area contributed by atoms with Gasteiger partial charge in [0.2, 0.25) is 5.95 Å². The first-order chi connectivity index (χ1) is 14.5. The van der Waals surface area contributed by atoms with E-state index >= 15 is 0 Å². The molecule has 0 aliphatic rings. The molecule has 4 aromatic rings. The Hall–Kier alpha value is -3.45. The largest absolute Gasteiger partial charge is 0.368 e. The Morgan fingerprint density at radius 1 is 0.900 bits per heavy atom. The summed E-state index contributed by atoms with van der Waals surface area (Å²) in [5, 5.41) is 5.32. The Morgan fingerprint density at radius 2 is 1.57 bits per heavy atom. The maximum absolute atomic E-state index is 12.3. The van der Waals surface area contributed by atoms with Crippen LogP contribution in [0.1, 0.15) is 19.9 Å². The maximum atomic E-state index is 12.3. The van der Waals surface area contributed by atoms with Gasteiger partial charge in [0, 0.05) is 16.5 Å². The Labute approximate surface area is 178 Å². The molecule has 2 N–H and O–H groups in total. The predicted molar refractivity (Wildman–Crippen MR) is 120 cm³/mol. The number of aromatic nitrogens is 4. The fraction of sp³-hybridized carbons (Fsp3) is 0.130. The summed E-state index contributed by atoms with van der Waals surface area (Å²) in [5.74, 6) is 0.188. The van der Waals surface area contributed by atoms with Gasteiger partial charge >= 0.3 is 0 Å². The molecule has 2 aromatic heterocycles. The lowest BCUT2D eigenvalue weighted by Crippen LogP contribution is -2.24. The van der Waals surface area contributed by atoms with Gasteiger partial charge in [-0.2, -0.15) is 5.10 Å². The van der Waals surface area contributed by atoms with Crippen LogP contribution >= 0.6 is 11.8 Å². The van der Waals surface area contributed by atoms with Crippen molar-refractivity contribution in [2.45, 2.75) is 29.8 Å². The summed E-state index contributed by atoms with van der Waals surface area (Å²) in [7, 11) is 0. The minimum absolute atomic E-state index is 0.0717. The van der Waals surface area contributed by atoms with Crippen LogP contribution < -0.4 is 11.3 Å². The average molecular weight is 416 g/mol. The molecule has 0 radical (unpaired) electrons. The second-order valence-corrected chi connectivity index (χ2v) is 8.05. The van der Waals surface area contributed by atoms with Crippen molar-refractivity contribution in [3.05, 3.63) is 83.2 Å². The lowest BCUT2D eigenvalue weighted by atomic mass is 10.0. The highest BCUT2D eigenvalue weighted by Gasteiger charge is 2.20.